The predicted molar refractivity (Wildman–Crippen MR) is 146 cm³/mol. The van der Waals surface area contributed by atoms with E-state index in [0.717, 1.165) is 11.3 Å². The van der Waals surface area contributed by atoms with Crippen LogP contribution in [0.3, 0.4) is 0 Å². The molecule has 4 aromatic carbocycles. The molecule has 0 spiro atoms. The Bertz CT molecular complexity index is 1280. The van der Waals surface area contributed by atoms with Crippen LogP contribution in [-0.4, -0.2) is 24.2 Å². The molecule has 0 unspecified atom stereocenters. The molecule has 1 atom stereocenters. The monoisotopic (exact) mass is 496 g/mol. The molecule has 0 bridgehead atoms. The van der Waals surface area contributed by atoms with Gasteiger partial charge in [0.1, 0.15) is 5.75 Å². The Morgan fingerprint density at radius 2 is 1.42 bits per heavy atom. The highest BCUT2D eigenvalue weighted by Gasteiger charge is 2.16. The van der Waals surface area contributed by atoms with Gasteiger partial charge in [-0.05, 0) is 61.0 Å². The largest absolute Gasteiger partial charge is 0.493 e. The number of thioether (sulfide) groups is 1. The van der Waals surface area contributed by atoms with Crippen LogP contribution in [0.1, 0.15) is 39.2 Å². The van der Waals surface area contributed by atoms with Crippen molar-refractivity contribution in [3.05, 3.63) is 126 Å². The summed E-state index contributed by atoms with van der Waals surface area (Å²) in [7, 11) is 0. The van der Waals surface area contributed by atoms with Crippen molar-refractivity contribution in [2.75, 3.05) is 17.7 Å². The Kier molecular flexibility index (Phi) is 8.78. The summed E-state index contributed by atoms with van der Waals surface area (Å²) in [6, 6.07) is 33.7. The van der Waals surface area contributed by atoms with Crippen LogP contribution in [0.5, 0.6) is 5.75 Å². The summed E-state index contributed by atoms with van der Waals surface area (Å²) in [5, 5.41) is 5.87. The highest BCUT2D eigenvalue weighted by molar-refractivity contribution is 7.99. The van der Waals surface area contributed by atoms with E-state index < -0.39 is 0 Å². The summed E-state index contributed by atoms with van der Waals surface area (Å²) in [5.74, 6) is 0.986. The minimum atomic E-state index is -0.294. The number of anilines is 1. The first-order valence-electron chi connectivity index (χ1n) is 11.8. The van der Waals surface area contributed by atoms with Gasteiger partial charge in [0, 0.05) is 16.2 Å². The van der Waals surface area contributed by atoms with Gasteiger partial charge in [-0.15, -0.1) is 11.8 Å². The molecule has 2 amide bonds. The lowest BCUT2D eigenvalue weighted by Crippen LogP contribution is -2.28. The van der Waals surface area contributed by atoms with E-state index in [0.29, 0.717) is 29.2 Å². The van der Waals surface area contributed by atoms with Gasteiger partial charge < -0.3 is 15.4 Å². The quantitative estimate of drug-likeness (QED) is 0.192. The maximum absolute atomic E-state index is 12.9. The van der Waals surface area contributed by atoms with Crippen LogP contribution in [0.25, 0.3) is 0 Å². The summed E-state index contributed by atoms with van der Waals surface area (Å²) >= 11 is 1.73. The van der Waals surface area contributed by atoms with Crippen molar-refractivity contribution in [1.29, 1.82) is 0 Å². The van der Waals surface area contributed by atoms with Crippen molar-refractivity contribution in [3.63, 3.8) is 0 Å². The van der Waals surface area contributed by atoms with Crippen LogP contribution in [0.2, 0.25) is 0 Å². The van der Waals surface area contributed by atoms with E-state index in [2.05, 4.69) is 22.8 Å². The SMILES string of the molecule is C[C@@H](NC(=O)c1ccccc1NC(=O)c1ccc(OCCSc2ccccc2)cc1)c1ccccc1. The molecule has 0 saturated carbocycles. The first-order chi connectivity index (χ1) is 17.6. The second kappa shape index (κ2) is 12.6. The summed E-state index contributed by atoms with van der Waals surface area (Å²) < 4.78 is 5.80. The van der Waals surface area contributed by atoms with Gasteiger partial charge in [-0.3, -0.25) is 9.59 Å². The van der Waals surface area contributed by atoms with Gasteiger partial charge in [0.15, 0.2) is 0 Å². The van der Waals surface area contributed by atoms with Gasteiger partial charge in [0.05, 0.1) is 23.9 Å². The van der Waals surface area contributed by atoms with E-state index in [1.54, 1.807) is 60.3 Å². The molecular formula is C30H28N2O3S. The summed E-state index contributed by atoms with van der Waals surface area (Å²) in [4.78, 5) is 27.0. The van der Waals surface area contributed by atoms with Gasteiger partial charge >= 0.3 is 0 Å². The molecule has 0 aliphatic carbocycles. The van der Waals surface area contributed by atoms with E-state index >= 15 is 0 Å². The van der Waals surface area contributed by atoms with Gasteiger partial charge in [-0.25, -0.2) is 0 Å². The molecular weight excluding hydrogens is 468 g/mol. The van der Waals surface area contributed by atoms with Crippen molar-refractivity contribution in [1.82, 2.24) is 5.32 Å². The van der Waals surface area contributed by atoms with Crippen LogP contribution in [0, 0.1) is 0 Å². The molecule has 0 aromatic heterocycles. The van der Waals surface area contributed by atoms with Gasteiger partial charge in [0.2, 0.25) is 0 Å². The summed E-state index contributed by atoms with van der Waals surface area (Å²) in [6.07, 6.45) is 0. The third-order valence-corrected chi connectivity index (χ3v) is 6.52. The Hall–Kier alpha value is -4.03. The zero-order valence-corrected chi connectivity index (χ0v) is 20.8. The second-order valence-electron chi connectivity index (χ2n) is 8.14. The summed E-state index contributed by atoms with van der Waals surface area (Å²) in [5.41, 5.74) is 2.35. The lowest BCUT2D eigenvalue weighted by molar-refractivity contribution is 0.0940. The van der Waals surface area contributed by atoms with Crippen LogP contribution in [-0.2, 0) is 0 Å². The zero-order valence-electron chi connectivity index (χ0n) is 20.0. The number of rotatable bonds is 10. The van der Waals surface area contributed by atoms with Crippen LogP contribution >= 0.6 is 11.8 Å². The molecule has 4 aromatic rings. The van der Waals surface area contributed by atoms with E-state index in [1.165, 1.54) is 4.90 Å². The molecule has 4 rings (SSSR count). The van der Waals surface area contributed by atoms with E-state index in [1.807, 2.05) is 55.5 Å². The lowest BCUT2D eigenvalue weighted by Gasteiger charge is -2.16. The number of hydrogen-bond acceptors (Lipinski definition) is 4. The number of benzene rings is 4. The fourth-order valence-corrected chi connectivity index (χ4v) is 4.37. The number of amides is 2. The highest BCUT2D eigenvalue weighted by Crippen LogP contribution is 2.21. The lowest BCUT2D eigenvalue weighted by atomic mass is 10.1. The highest BCUT2D eigenvalue weighted by atomic mass is 32.2. The van der Waals surface area contributed by atoms with Crippen molar-refractivity contribution in [2.45, 2.75) is 17.9 Å². The minimum Gasteiger partial charge on any atom is -0.493 e. The molecule has 6 heteroatoms. The Morgan fingerprint density at radius 3 is 2.14 bits per heavy atom. The Labute approximate surface area is 215 Å². The molecule has 0 heterocycles. The second-order valence-corrected chi connectivity index (χ2v) is 9.31. The summed E-state index contributed by atoms with van der Waals surface area (Å²) in [6.45, 7) is 2.49. The van der Waals surface area contributed by atoms with Crippen molar-refractivity contribution in [2.24, 2.45) is 0 Å². The number of ether oxygens (including phenoxy) is 1. The van der Waals surface area contributed by atoms with Crippen molar-refractivity contribution >= 4 is 29.3 Å². The molecule has 182 valence electrons. The zero-order chi connectivity index (χ0) is 25.2. The number of para-hydroxylation sites is 1. The molecule has 5 nitrogen and oxygen atoms in total. The molecule has 0 saturated heterocycles. The predicted octanol–water partition coefficient (Wildman–Crippen LogP) is 6.60. The average Bonchev–Trinajstić information content (AvgIpc) is 2.92. The molecule has 2 N–H and O–H groups in total. The van der Waals surface area contributed by atoms with Crippen molar-refractivity contribution in [3.8, 4) is 5.75 Å². The van der Waals surface area contributed by atoms with E-state index in [4.69, 9.17) is 4.74 Å². The standard InChI is InChI=1S/C30H28N2O3S/c1-22(23-10-4-2-5-11-23)31-30(34)27-14-8-9-15-28(27)32-29(33)24-16-18-25(19-17-24)35-20-21-36-26-12-6-3-7-13-26/h2-19,22H,20-21H2,1H3,(H,31,34)(H,32,33)/t22-/m1/s1. The Morgan fingerprint density at radius 1 is 0.778 bits per heavy atom. The molecule has 0 aliphatic rings. The molecule has 0 aliphatic heterocycles. The maximum atomic E-state index is 12.9. The minimum absolute atomic E-state index is 0.166. The Balaban J connectivity index is 1.32. The molecule has 0 fully saturated rings. The van der Waals surface area contributed by atoms with Gasteiger partial charge in [0.25, 0.3) is 11.8 Å². The van der Waals surface area contributed by atoms with Crippen LogP contribution < -0.4 is 15.4 Å². The maximum Gasteiger partial charge on any atom is 0.255 e. The van der Waals surface area contributed by atoms with Crippen LogP contribution in [0.15, 0.2) is 114 Å². The number of nitrogens with one attached hydrogen (secondary N) is 2. The van der Waals surface area contributed by atoms with Crippen LogP contribution in [0.4, 0.5) is 5.69 Å². The van der Waals surface area contributed by atoms with E-state index in [-0.39, 0.29) is 17.9 Å². The smallest absolute Gasteiger partial charge is 0.255 e. The third-order valence-electron chi connectivity index (χ3n) is 5.55. The fourth-order valence-electron chi connectivity index (χ4n) is 3.62. The van der Waals surface area contributed by atoms with Gasteiger partial charge in [-0.1, -0.05) is 60.7 Å². The van der Waals surface area contributed by atoms with E-state index in [9.17, 15) is 9.59 Å². The number of carbonyl (C=O) groups is 2. The van der Waals surface area contributed by atoms with Crippen molar-refractivity contribution < 1.29 is 14.3 Å². The molecule has 36 heavy (non-hydrogen) atoms. The normalized spacial score (nSPS) is 11.4. The first kappa shape index (κ1) is 25.1. The topological polar surface area (TPSA) is 67.4 Å². The third kappa shape index (κ3) is 6.99. The number of carbonyl (C=O) groups excluding carboxylic acids is 2. The first-order valence-corrected chi connectivity index (χ1v) is 12.8. The average molecular weight is 497 g/mol. The fraction of sp³-hybridized carbons (Fsp3) is 0.133. The van der Waals surface area contributed by atoms with Gasteiger partial charge in [-0.2, -0.15) is 0 Å². The number of hydrogen-bond donors (Lipinski definition) is 2. The molecule has 0 radical (unpaired) electrons.